The highest BCUT2D eigenvalue weighted by molar-refractivity contribution is 9.10. The molecule has 2 rings (SSSR count). The molecule has 1 heterocycles. The van der Waals surface area contributed by atoms with Crippen LogP contribution in [0, 0.1) is 0 Å². The minimum absolute atomic E-state index is 0.0114. The molecule has 0 atom stereocenters. The summed E-state index contributed by atoms with van der Waals surface area (Å²) in [7, 11) is -3.92. The molecule has 0 aliphatic heterocycles. The molecule has 0 aliphatic carbocycles. The van der Waals surface area contributed by atoms with E-state index in [0.717, 1.165) is 4.47 Å². The van der Waals surface area contributed by atoms with Gasteiger partial charge in [-0.3, -0.25) is 4.72 Å². The second-order valence-electron chi connectivity index (χ2n) is 3.62. The van der Waals surface area contributed by atoms with E-state index in [1.54, 1.807) is 12.1 Å². The fraction of sp³-hybridized carbons (Fsp3) is 0. The number of hydrogen-bond acceptors (Lipinski definition) is 5. The number of aromatic nitrogens is 2. The van der Waals surface area contributed by atoms with Crippen molar-refractivity contribution >= 4 is 37.7 Å². The Balaban J connectivity index is 2.38. The maximum Gasteiger partial charge on any atom is 0.358 e. The van der Waals surface area contributed by atoms with Crippen LogP contribution in [0.2, 0.25) is 0 Å². The van der Waals surface area contributed by atoms with Crippen molar-refractivity contribution in [2.45, 2.75) is 4.90 Å². The Morgan fingerprint density at radius 2 is 1.75 bits per heavy atom. The van der Waals surface area contributed by atoms with Crippen molar-refractivity contribution in [3.05, 3.63) is 46.8 Å². The molecule has 7 nitrogen and oxygen atoms in total. The third kappa shape index (κ3) is 3.11. The van der Waals surface area contributed by atoms with Crippen LogP contribution in [0.1, 0.15) is 10.5 Å². The van der Waals surface area contributed by atoms with Gasteiger partial charge in [0.2, 0.25) is 0 Å². The summed E-state index contributed by atoms with van der Waals surface area (Å²) in [5, 5.41) is 8.93. The number of hydrogen-bond donors (Lipinski definition) is 2. The molecule has 0 radical (unpaired) electrons. The molecule has 0 fully saturated rings. The van der Waals surface area contributed by atoms with Crippen LogP contribution in [-0.4, -0.2) is 29.5 Å². The predicted molar refractivity (Wildman–Crippen MR) is 73.9 cm³/mol. The highest BCUT2D eigenvalue weighted by Gasteiger charge is 2.20. The highest BCUT2D eigenvalue weighted by atomic mass is 79.9. The average Bonchev–Trinajstić information content (AvgIpc) is 2.39. The summed E-state index contributed by atoms with van der Waals surface area (Å²) in [6, 6.07) is 5.87. The number of nitrogens with zero attached hydrogens (tertiary/aromatic N) is 2. The zero-order valence-electron chi connectivity index (χ0n) is 9.82. The van der Waals surface area contributed by atoms with E-state index in [0.29, 0.717) is 0 Å². The smallest absolute Gasteiger partial charge is 0.358 e. The Morgan fingerprint density at radius 1 is 1.15 bits per heavy atom. The topological polar surface area (TPSA) is 109 Å². The minimum Gasteiger partial charge on any atom is -0.476 e. The largest absolute Gasteiger partial charge is 0.476 e. The first-order valence-corrected chi connectivity index (χ1v) is 7.50. The number of sulfonamides is 1. The lowest BCUT2D eigenvalue weighted by Crippen LogP contribution is -2.17. The summed E-state index contributed by atoms with van der Waals surface area (Å²) in [6.07, 6.45) is 2.37. The monoisotopic (exact) mass is 357 g/mol. The van der Waals surface area contributed by atoms with Crippen LogP contribution < -0.4 is 4.72 Å². The van der Waals surface area contributed by atoms with Gasteiger partial charge in [0, 0.05) is 16.9 Å². The van der Waals surface area contributed by atoms with Gasteiger partial charge in [0.25, 0.3) is 10.0 Å². The van der Waals surface area contributed by atoms with E-state index in [1.165, 1.54) is 24.5 Å². The number of aromatic carboxylic acids is 1. The molecule has 0 saturated carbocycles. The fourth-order valence-corrected chi connectivity index (χ4v) is 2.65. The lowest BCUT2D eigenvalue weighted by atomic mass is 10.4. The number of rotatable bonds is 4. The number of halogens is 1. The molecular formula is C11H8BrN3O4S. The first-order chi connectivity index (χ1) is 9.40. The van der Waals surface area contributed by atoms with E-state index in [4.69, 9.17) is 5.11 Å². The van der Waals surface area contributed by atoms with E-state index in [-0.39, 0.29) is 10.7 Å². The Bertz CT molecular complexity index is 747. The molecule has 2 aromatic rings. The van der Waals surface area contributed by atoms with Gasteiger partial charge < -0.3 is 5.11 Å². The maximum atomic E-state index is 12.1. The Morgan fingerprint density at radius 3 is 2.35 bits per heavy atom. The lowest BCUT2D eigenvalue weighted by Gasteiger charge is -2.08. The first-order valence-electron chi connectivity index (χ1n) is 5.23. The number of carboxylic acid groups (broad SMARTS) is 1. The molecule has 1 aromatic heterocycles. The second kappa shape index (κ2) is 5.55. The van der Waals surface area contributed by atoms with Gasteiger partial charge in [-0.2, -0.15) is 0 Å². The number of carboxylic acids is 1. The summed E-state index contributed by atoms with van der Waals surface area (Å²) in [5.41, 5.74) is -0.465. The Kier molecular flexibility index (Phi) is 4.00. The van der Waals surface area contributed by atoms with E-state index in [9.17, 15) is 13.2 Å². The molecule has 0 bridgehead atoms. The molecule has 0 spiro atoms. The van der Waals surface area contributed by atoms with Gasteiger partial charge in [-0.05, 0) is 24.3 Å². The minimum atomic E-state index is -3.92. The standard InChI is InChI=1S/C11H8BrN3O4S/c12-7-1-3-8(4-2-7)20(18,19)15-10-9(11(16)17)13-5-6-14-10/h1-6H,(H,14,15)(H,16,17). The van der Waals surface area contributed by atoms with Crippen molar-refractivity contribution in [3.63, 3.8) is 0 Å². The summed E-state index contributed by atoms with van der Waals surface area (Å²) in [5.74, 6) is -1.70. The molecule has 0 amide bonds. The van der Waals surface area contributed by atoms with Crippen LogP contribution >= 0.6 is 15.9 Å². The maximum absolute atomic E-state index is 12.1. The van der Waals surface area contributed by atoms with E-state index < -0.39 is 21.7 Å². The van der Waals surface area contributed by atoms with Crippen LogP contribution in [0.3, 0.4) is 0 Å². The van der Waals surface area contributed by atoms with Gasteiger partial charge in [0.1, 0.15) is 0 Å². The molecule has 1 aromatic carbocycles. The quantitative estimate of drug-likeness (QED) is 0.862. The van der Waals surface area contributed by atoms with Crippen LogP contribution in [0.4, 0.5) is 5.82 Å². The summed E-state index contributed by atoms with van der Waals surface area (Å²) >= 11 is 3.19. The van der Waals surface area contributed by atoms with Gasteiger partial charge in [0.15, 0.2) is 11.5 Å². The van der Waals surface area contributed by atoms with E-state index in [1.807, 2.05) is 0 Å². The number of carbonyl (C=O) groups is 1. The predicted octanol–water partition coefficient (Wildman–Crippen LogP) is 1.74. The average molecular weight is 358 g/mol. The molecule has 20 heavy (non-hydrogen) atoms. The van der Waals surface area contributed by atoms with Crippen LogP contribution in [-0.2, 0) is 10.0 Å². The molecule has 0 unspecified atom stereocenters. The molecule has 0 saturated heterocycles. The van der Waals surface area contributed by atoms with Crippen molar-refractivity contribution in [1.29, 1.82) is 0 Å². The van der Waals surface area contributed by atoms with Crippen molar-refractivity contribution < 1.29 is 18.3 Å². The van der Waals surface area contributed by atoms with E-state index >= 15 is 0 Å². The van der Waals surface area contributed by atoms with E-state index in [2.05, 4.69) is 30.6 Å². The zero-order chi connectivity index (χ0) is 14.8. The highest BCUT2D eigenvalue weighted by Crippen LogP contribution is 2.18. The summed E-state index contributed by atoms with van der Waals surface area (Å²) in [4.78, 5) is 18.2. The van der Waals surface area contributed by atoms with Gasteiger partial charge >= 0.3 is 5.97 Å². The zero-order valence-corrected chi connectivity index (χ0v) is 12.2. The van der Waals surface area contributed by atoms with Crippen molar-refractivity contribution in [3.8, 4) is 0 Å². The molecular weight excluding hydrogens is 350 g/mol. The van der Waals surface area contributed by atoms with Crippen molar-refractivity contribution in [2.24, 2.45) is 0 Å². The van der Waals surface area contributed by atoms with Gasteiger partial charge in [-0.25, -0.2) is 23.2 Å². The summed E-state index contributed by atoms with van der Waals surface area (Å²) < 4.78 is 27.0. The Labute approximate surface area is 122 Å². The number of anilines is 1. The SMILES string of the molecule is O=C(O)c1nccnc1NS(=O)(=O)c1ccc(Br)cc1. The van der Waals surface area contributed by atoms with Gasteiger partial charge in [-0.1, -0.05) is 15.9 Å². The lowest BCUT2D eigenvalue weighted by molar-refractivity contribution is 0.0691. The van der Waals surface area contributed by atoms with Crippen molar-refractivity contribution in [2.75, 3.05) is 4.72 Å². The third-order valence-electron chi connectivity index (χ3n) is 2.26. The molecule has 0 aliphatic rings. The third-order valence-corrected chi connectivity index (χ3v) is 4.14. The molecule has 2 N–H and O–H groups in total. The summed E-state index contributed by atoms with van der Waals surface area (Å²) in [6.45, 7) is 0. The first kappa shape index (κ1) is 14.4. The molecule has 104 valence electrons. The van der Waals surface area contributed by atoms with Crippen molar-refractivity contribution in [1.82, 2.24) is 9.97 Å². The van der Waals surface area contributed by atoms with Gasteiger partial charge in [0.05, 0.1) is 4.90 Å². The van der Waals surface area contributed by atoms with Crippen LogP contribution in [0.15, 0.2) is 46.0 Å². The Hall–Kier alpha value is -2.00. The van der Waals surface area contributed by atoms with Gasteiger partial charge in [-0.15, -0.1) is 0 Å². The second-order valence-corrected chi connectivity index (χ2v) is 6.22. The van der Waals surface area contributed by atoms with Crippen LogP contribution in [0.5, 0.6) is 0 Å². The normalized spacial score (nSPS) is 11.1. The molecule has 9 heteroatoms. The van der Waals surface area contributed by atoms with Crippen LogP contribution in [0.25, 0.3) is 0 Å². The number of nitrogens with one attached hydrogen (secondary N) is 1. The number of benzene rings is 1. The fourth-order valence-electron chi connectivity index (χ4n) is 1.37.